The number of fused-ring (bicyclic) bond motifs is 2. The van der Waals surface area contributed by atoms with E-state index < -0.39 is 0 Å². The topological polar surface area (TPSA) is 96.0 Å². The molecule has 154 valence electrons. The zero-order valence-electron chi connectivity index (χ0n) is 17.0. The lowest BCUT2D eigenvalue weighted by atomic mass is 10.0. The Balaban J connectivity index is 1.53. The van der Waals surface area contributed by atoms with Crippen LogP contribution in [0.25, 0.3) is 55.8 Å². The van der Waals surface area contributed by atoms with Gasteiger partial charge in [-0.25, -0.2) is 14.4 Å². The van der Waals surface area contributed by atoms with Crippen molar-refractivity contribution in [3.63, 3.8) is 0 Å². The van der Waals surface area contributed by atoms with E-state index in [1.807, 2.05) is 25.3 Å². The fourth-order valence-electron chi connectivity index (χ4n) is 3.92. The zero-order valence-corrected chi connectivity index (χ0v) is 17.0. The number of imidazole rings is 1. The van der Waals surface area contributed by atoms with Crippen LogP contribution in [0, 0.1) is 12.7 Å². The molecule has 6 rings (SSSR count). The number of rotatable bonds is 3. The van der Waals surface area contributed by atoms with Crippen molar-refractivity contribution in [3.8, 4) is 33.8 Å². The molecule has 0 atom stereocenters. The van der Waals surface area contributed by atoms with Crippen LogP contribution in [0.2, 0.25) is 0 Å². The molecule has 0 unspecified atom stereocenters. The standard InChI is InChI=1S/C24H16FN7/c1-13-6-7-26-10-17(13)14-8-16-22(31-32-23(16)28-9-14)24-29-20-12-27-11-18(21(20)30-24)15-4-2-3-5-19(15)25/h2-12H,1H3,(H,29,30)(H,28,31,32). The Morgan fingerprint density at radius 1 is 0.906 bits per heavy atom. The lowest BCUT2D eigenvalue weighted by molar-refractivity contribution is 0.631. The van der Waals surface area contributed by atoms with Gasteiger partial charge >= 0.3 is 0 Å². The van der Waals surface area contributed by atoms with Crippen LogP contribution in [0.15, 0.2) is 67.4 Å². The monoisotopic (exact) mass is 421 g/mol. The van der Waals surface area contributed by atoms with Gasteiger partial charge in [0.05, 0.1) is 17.1 Å². The minimum Gasteiger partial charge on any atom is -0.335 e. The molecule has 6 aromatic rings. The Kier molecular flexibility index (Phi) is 4.04. The molecule has 2 N–H and O–H groups in total. The first kappa shape index (κ1) is 18.3. The van der Waals surface area contributed by atoms with Gasteiger partial charge in [-0.15, -0.1) is 0 Å². The Bertz CT molecular complexity index is 1620. The van der Waals surface area contributed by atoms with Crippen LogP contribution >= 0.6 is 0 Å². The van der Waals surface area contributed by atoms with Crippen molar-refractivity contribution in [3.05, 3.63) is 78.8 Å². The summed E-state index contributed by atoms with van der Waals surface area (Å²) in [6, 6.07) is 10.6. The first-order chi connectivity index (χ1) is 15.7. The van der Waals surface area contributed by atoms with Gasteiger partial charge in [0.2, 0.25) is 0 Å². The van der Waals surface area contributed by atoms with Gasteiger partial charge in [0, 0.05) is 47.0 Å². The van der Waals surface area contributed by atoms with E-state index in [4.69, 9.17) is 4.98 Å². The molecule has 0 radical (unpaired) electrons. The number of benzene rings is 1. The quantitative estimate of drug-likeness (QED) is 0.416. The van der Waals surface area contributed by atoms with Crippen molar-refractivity contribution in [2.75, 3.05) is 0 Å². The third kappa shape index (κ3) is 2.84. The first-order valence-electron chi connectivity index (χ1n) is 10.0. The van der Waals surface area contributed by atoms with Gasteiger partial charge in [0.25, 0.3) is 0 Å². The number of aryl methyl sites for hydroxylation is 1. The van der Waals surface area contributed by atoms with E-state index in [1.165, 1.54) is 6.07 Å². The summed E-state index contributed by atoms with van der Waals surface area (Å²) in [7, 11) is 0. The maximum Gasteiger partial charge on any atom is 0.159 e. The Labute approximate surface area is 181 Å². The average Bonchev–Trinajstić information content (AvgIpc) is 3.43. The summed E-state index contributed by atoms with van der Waals surface area (Å²) in [5, 5.41) is 8.24. The number of aromatic amines is 2. The SMILES string of the molecule is Cc1ccncc1-c1cnc2[nH]nc(-c3nc4c(-c5ccccc5F)cncc4[nH]3)c2c1. The molecule has 7 nitrogen and oxygen atoms in total. The van der Waals surface area contributed by atoms with Crippen LogP contribution in [0.4, 0.5) is 4.39 Å². The van der Waals surface area contributed by atoms with Crippen LogP contribution in [0.5, 0.6) is 0 Å². The van der Waals surface area contributed by atoms with Gasteiger partial charge in [-0.1, -0.05) is 18.2 Å². The smallest absolute Gasteiger partial charge is 0.159 e. The number of nitrogens with one attached hydrogen (secondary N) is 2. The molecule has 0 fully saturated rings. The minimum absolute atomic E-state index is 0.322. The van der Waals surface area contributed by atoms with Crippen LogP contribution in [-0.4, -0.2) is 35.1 Å². The highest BCUT2D eigenvalue weighted by Gasteiger charge is 2.18. The lowest BCUT2D eigenvalue weighted by Gasteiger charge is -2.04. The Morgan fingerprint density at radius 2 is 1.78 bits per heavy atom. The Morgan fingerprint density at radius 3 is 2.66 bits per heavy atom. The van der Waals surface area contributed by atoms with Crippen LogP contribution in [-0.2, 0) is 0 Å². The number of hydrogen-bond donors (Lipinski definition) is 2. The van der Waals surface area contributed by atoms with Crippen LogP contribution in [0.1, 0.15) is 5.56 Å². The van der Waals surface area contributed by atoms with Crippen molar-refractivity contribution in [1.29, 1.82) is 0 Å². The van der Waals surface area contributed by atoms with Gasteiger partial charge in [0.15, 0.2) is 11.5 Å². The van der Waals surface area contributed by atoms with Crippen LogP contribution < -0.4 is 0 Å². The highest BCUT2D eigenvalue weighted by molar-refractivity contribution is 5.96. The van der Waals surface area contributed by atoms with Gasteiger partial charge in [-0.3, -0.25) is 15.1 Å². The highest BCUT2D eigenvalue weighted by Crippen LogP contribution is 2.33. The first-order valence-corrected chi connectivity index (χ1v) is 10.0. The van der Waals surface area contributed by atoms with Gasteiger partial charge in [-0.05, 0) is 30.7 Å². The predicted molar refractivity (Wildman–Crippen MR) is 120 cm³/mol. The summed E-state index contributed by atoms with van der Waals surface area (Å²) in [5.74, 6) is 0.232. The molecular weight excluding hydrogens is 405 g/mol. The molecule has 0 spiro atoms. The van der Waals surface area contributed by atoms with E-state index in [0.717, 1.165) is 22.1 Å². The van der Waals surface area contributed by atoms with Crippen molar-refractivity contribution in [2.45, 2.75) is 6.92 Å². The summed E-state index contributed by atoms with van der Waals surface area (Å²) in [6.45, 7) is 2.04. The van der Waals surface area contributed by atoms with Crippen LogP contribution in [0.3, 0.4) is 0 Å². The minimum atomic E-state index is -0.322. The number of pyridine rings is 3. The maximum atomic E-state index is 14.4. The summed E-state index contributed by atoms with van der Waals surface area (Å²) in [6.07, 6.45) is 8.69. The van der Waals surface area contributed by atoms with E-state index in [2.05, 4.69) is 30.1 Å². The van der Waals surface area contributed by atoms with Crippen molar-refractivity contribution < 1.29 is 4.39 Å². The molecular formula is C24H16FN7. The molecule has 0 aliphatic heterocycles. The molecule has 5 aromatic heterocycles. The van der Waals surface area contributed by atoms with E-state index in [1.54, 1.807) is 43.0 Å². The van der Waals surface area contributed by atoms with E-state index >= 15 is 0 Å². The maximum absolute atomic E-state index is 14.4. The Hall–Kier alpha value is -4.46. The summed E-state index contributed by atoms with van der Waals surface area (Å²) in [4.78, 5) is 21.1. The number of halogens is 1. The molecule has 0 aliphatic rings. The number of nitrogens with zero attached hydrogens (tertiary/aromatic N) is 5. The molecule has 1 aromatic carbocycles. The molecule has 0 bridgehead atoms. The largest absolute Gasteiger partial charge is 0.335 e. The van der Waals surface area contributed by atoms with Crippen molar-refractivity contribution in [2.24, 2.45) is 0 Å². The van der Waals surface area contributed by atoms with E-state index in [0.29, 0.717) is 39.3 Å². The molecule has 5 heterocycles. The van der Waals surface area contributed by atoms with Gasteiger partial charge < -0.3 is 4.98 Å². The van der Waals surface area contributed by atoms with E-state index in [-0.39, 0.29) is 5.82 Å². The molecule has 0 saturated heterocycles. The third-order valence-electron chi connectivity index (χ3n) is 5.55. The summed E-state index contributed by atoms with van der Waals surface area (Å²) < 4.78 is 14.4. The zero-order chi connectivity index (χ0) is 21.7. The third-order valence-corrected chi connectivity index (χ3v) is 5.55. The number of aromatic nitrogens is 7. The predicted octanol–water partition coefficient (Wildman–Crippen LogP) is 5.07. The van der Waals surface area contributed by atoms with Crippen molar-refractivity contribution in [1.82, 2.24) is 35.1 Å². The summed E-state index contributed by atoms with van der Waals surface area (Å²) in [5.41, 5.74) is 6.73. The molecule has 0 amide bonds. The highest BCUT2D eigenvalue weighted by atomic mass is 19.1. The van der Waals surface area contributed by atoms with Crippen molar-refractivity contribution >= 4 is 22.1 Å². The second-order valence-corrected chi connectivity index (χ2v) is 7.53. The number of H-pyrrole nitrogens is 2. The van der Waals surface area contributed by atoms with E-state index in [9.17, 15) is 4.39 Å². The fraction of sp³-hybridized carbons (Fsp3) is 0.0417. The fourth-order valence-corrected chi connectivity index (χ4v) is 3.92. The summed E-state index contributed by atoms with van der Waals surface area (Å²) >= 11 is 0. The van der Waals surface area contributed by atoms with Gasteiger partial charge in [0.1, 0.15) is 17.0 Å². The molecule has 0 aliphatic carbocycles. The lowest BCUT2D eigenvalue weighted by Crippen LogP contribution is -1.87. The molecule has 32 heavy (non-hydrogen) atoms. The molecule has 8 heteroatoms. The molecule has 0 saturated carbocycles. The van der Waals surface area contributed by atoms with Gasteiger partial charge in [-0.2, -0.15) is 5.10 Å². The second kappa shape index (κ2) is 7.05. The number of hydrogen-bond acceptors (Lipinski definition) is 5. The normalized spacial score (nSPS) is 11.4. The second-order valence-electron chi connectivity index (χ2n) is 7.53. The average molecular weight is 421 g/mol.